The van der Waals surface area contributed by atoms with Crippen molar-refractivity contribution in [3.05, 3.63) is 57.5 Å². The second-order valence-corrected chi connectivity index (χ2v) is 6.78. The van der Waals surface area contributed by atoms with Crippen molar-refractivity contribution in [3.63, 3.8) is 0 Å². The lowest BCUT2D eigenvalue weighted by atomic mass is 10.1. The first-order valence-electron chi connectivity index (χ1n) is 8.78. The smallest absolute Gasteiger partial charge is 0.266 e. The summed E-state index contributed by atoms with van der Waals surface area (Å²) in [5.74, 6) is 0.179. The zero-order chi connectivity index (χ0) is 17.4. The highest BCUT2D eigenvalue weighted by molar-refractivity contribution is 5.95. The molecule has 25 heavy (non-hydrogen) atoms. The molecule has 130 valence electrons. The maximum Gasteiger partial charge on any atom is 0.266 e. The first kappa shape index (κ1) is 16.0. The molecule has 2 aliphatic rings. The van der Waals surface area contributed by atoms with Crippen molar-refractivity contribution in [2.45, 2.75) is 25.8 Å². The molecule has 0 bridgehead atoms. The van der Waals surface area contributed by atoms with Gasteiger partial charge in [-0.3, -0.25) is 14.5 Å². The van der Waals surface area contributed by atoms with Gasteiger partial charge in [-0.25, -0.2) is 4.68 Å². The summed E-state index contributed by atoms with van der Waals surface area (Å²) >= 11 is 0. The van der Waals surface area contributed by atoms with Crippen molar-refractivity contribution >= 4 is 11.6 Å². The van der Waals surface area contributed by atoms with Gasteiger partial charge in [0.05, 0.1) is 5.69 Å². The zero-order valence-electron chi connectivity index (χ0n) is 14.4. The van der Waals surface area contributed by atoms with Gasteiger partial charge in [-0.15, -0.1) is 0 Å². The highest BCUT2D eigenvalue weighted by Gasteiger charge is 2.25. The summed E-state index contributed by atoms with van der Waals surface area (Å²) in [6, 6.07) is 9.80. The van der Waals surface area contributed by atoms with E-state index < -0.39 is 0 Å². The van der Waals surface area contributed by atoms with Gasteiger partial charge in [-0.1, -0.05) is 18.2 Å². The van der Waals surface area contributed by atoms with Gasteiger partial charge in [0, 0.05) is 57.8 Å². The van der Waals surface area contributed by atoms with Crippen molar-refractivity contribution in [1.82, 2.24) is 14.7 Å². The highest BCUT2D eigenvalue weighted by atomic mass is 16.2. The number of carbonyl (C=O) groups excluding carboxylic acids is 1. The number of nitrogens with zero attached hydrogens (tertiary/aromatic N) is 4. The van der Waals surface area contributed by atoms with Crippen LogP contribution in [0.3, 0.4) is 0 Å². The van der Waals surface area contributed by atoms with Crippen LogP contribution in [0.25, 0.3) is 0 Å². The van der Waals surface area contributed by atoms with E-state index in [2.05, 4.69) is 16.1 Å². The lowest BCUT2D eigenvalue weighted by molar-refractivity contribution is -0.118. The molecular formula is C19H22N4O2. The van der Waals surface area contributed by atoms with E-state index in [1.165, 1.54) is 10.2 Å². The summed E-state index contributed by atoms with van der Waals surface area (Å²) in [7, 11) is 1.68. The van der Waals surface area contributed by atoms with E-state index in [9.17, 15) is 9.59 Å². The number of para-hydroxylation sites is 1. The standard InChI is InChI=1S/C19H22N4O2/c1-21-19(25)12-15-13-22(9-7-16(15)20-21)10-8-18(24)23-11-6-14-4-2-3-5-17(14)23/h2-5,12H,6-11,13H2,1H3. The molecule has 0 saturated heterocycles. The summed E-state index contributed by atoms with van der Waals surface area (Å²) < 4.78 is 1.39. The van der Waals surface area contributed by atoms with Crippen LogP contribution in [0.4, 0.5) is 5.69 Å². The molecule has 1 aromatic carbocycles. The lowest BCUT2D eigenvalue weighted by Gasteiger charge is -2.28. The van der Waals surface area contributed by atoms with E-state index >= 15 is 0 Å². The minimum Gasteiger partial charge on any atom is -0.312 e. The van der Waals surface area contributed by atoms with Crippen LogP contribution in [0.1, 0.15) is 23.2 Å². The summed E-state index contributed by atoms with van der Waals surface area (Å²) in [5, 5.41) is 4.33. The molecule has 0 saturated carbocycles. The van der Waals surface area contributed by atoms with E-state index in [1.807, 2.05) is 23.1 Å². The Kier molecular flexibility index (Phi) is 4.13. The topological polar surface area (TPSA) is 58.4 Å². The van der Waals surface area contributed by atoms with E-state index in [0.29, 0.717) is 19.5 Å². The minimum absolute atomic E-state index is 0.0784. The summed E-state index contributed by atoms with van der Waals surface area (Å²) in [6.07, 6.45) is 2.26. The number of hydrogen-bond donors (Lipinski definition) is 0. The fraction of sp³-hybridized carbons (Fsp3) is 0.421. The first-order valence-corrected chi connectivity index (χ1v) is 8.78. The monoisotopic (exact) mass is 338 g/mol. The number of amides is 1. The van der Waals surface area contributed by atoms with Crippen LogP contribution in [0.5, 0.6) is 0 Å². The Hall–Kier alpha value is -2.47. The lowest BCUT2D eigenvalue weighted by Crippen LogP contribution is -2.37. The van der Waals surface area contributed by atoms with Crippen molar-refractivity contribution in [2.24, 2.45) is 7.05 Å². The molecule has 0 fully saturated rings. The summed E-state index contributed by atoms with van der Waals surface area (Å²) in [4.78, 5) is 28.6. The fourth-order valence-electron chi connectivity index (χ4n) is 3.73. The third-order valence-electron chi connectivity index (χ3n) is 5.15. The molecular weight excluding hydrogens is 316 g/mol. The number of aromatic nitrogens is 2. The predicted octanol–water partition coefficient (Wildman–Crippen LogP) is 1.12. The molecule has 6 heteroatoms. The third kappa shape index (κ3) is 3.09. The average Bonchev–Trinajstić information content (AvgIpc) is 3.05. The van der Waals surface area contributed by atoms with Crippen molar-refractivity contribution < 1.29 is 4.79 Å². The molecule has 0 spiro atoms. The SMILES string of the molecule is Cn1nc2c(cc1=O)CN(CCC(=O)N1CCc3ccccc31)CC2. The average molecular weight is 338 g/mol. The summed E-state index contributed by atoms with van der Waals surface area (Å²) in [6.45, 7) is 3.07. The Morgan fingerprint density at radius 1 is 1.16 bits per heavy atom. The molecule has 0 unspecified atom stereocenters. The number of aryl methyl sites for hydroxylation is 1. The van der Waals surface area contributed by atoms with E-state index in [4.69, 9.17) is 0 Å². The molecule has 6 nitrogen and oxygen atoms in total. The van der Waals surface area contributed by atoms with Crippen LogP contribution in [0.2, 0.25) is 0 Å². The maximum atomic E-state index is 12.6. The van der Waals surface area contributed by atoms with Gasteiger partial charge >= 0.3 is 0 Å². The maximum absolute atomic E-state index is 12.6. The Morgan fingerprint density at radius 3 is 2.88 bits per heavy atom. The van der Waals surface area contributed by atoms with Crippen LogP contribution in [-0.2, 0) is 31.2 Å². The van der Waals surface area contributed by atoms with Gasteiger partial charge in [0.15, 0.2) is 0 Å². The van der Waals surface area contributed by atoms with Crippen LogP contribution in [0, 0.1) is 0 Å². The molecule has 0 N–H and O–H groups in total. The van der Waals surface area contributed by atoms with Crippen LogP contribution in [-0.4, -0.2) is 40.2 Å². The molecule has 2 aromatic rings. The van der Waals surface area contributed by atoms with Crippen molar-refractivity contribution in [2.75, 3.05) is 24.5 Å². The molecule has 4 rings (SSSR count). The van der Waals surface area contributed by atoms with E-state index in [1.54, 1.807) is 13.1 Å². The van der Waals surface area contributed by atoms with Gasteiger partial charge in [0.1, 0.15) is 0 Å². The molecule has 0 radical (unpaired) electrons. The number of hydrogen-bond acceptors (Lipinski definition) is 4. The number of anilines is 1. The second-order valence-electron chi connectivity index (χ2n) is 6.78. The van der Waals surface area contributed by atoms with Crippen LogP contribution < -0.4 is 10.5 Å². The number of fused-ring (bicyclic) bond motifs is 2. The quantitative estimate of drug-likeness (QED) is 0.841. The van der Waals surface area contributed by atoms with E-state index in [0.717, 1.165) is 42.9 Å². The highest BCUT2D eigenvalue weighted by Crippen LogP contribution is 2.28. The van der Waals surface area contributed by atoms with Crippen LogP contribution in [0.15, 0.2) is 35.1 Å². The molecule has 1 amide bonds. The molecule has 3 heterocycles. The summed E-state index contributed by atoms with van der Waals surface area (Å²) in [5.41, 5.74) is 4.23. The predicted molar refractivity (Wildman–Crippen MR) is 95.6 cm³/mol. The second kappa shape index (κ2) is 6.44. The first-order chi connectivity index (χ1) is 12.1. The molecule has 2 aliphatic heterocycles. The van der Waals surface area contributed by atoms with Crippen LogP contribution >= 0.6 is 0 Å². The minimum atomic E-state index is -0.0784. The number of carbonyl (C=O) groups is 1. The Bertz CT molecular complexity index is 874. The van der Waals surface area contributed by atoms with Gasteiger partial charge in [0.25, 0.3) is 5.56 Å². The zero-order valence-corrected chi connectivity index (χ0v) is 14.4. The number of benzene rings is 1. The van der Waals surface area contributed by atoms with Gasteiger partial charge in [0.2, 0.25) is 5.91 Å². The van der Waals surface area contributed by atoms with Gasteiger partial charge < -0.3 is 4.90 Å². The van der Waals surface area contributed by atoms with Crippen molar-refractivity contribution in [1.29, 1.82) is 0 Å². The number of rotatable bonds is 3. The molecule has 0 aliphatic carbocycles. The van der Waals surface area contributed by atoms with Crippen molar-refractivity contribution in [3.8, 4) is 0 Å². The third-order valence-corrected chi connectivity index (χ3v) is 5.15. The Labute approximate surface area is 146 Å². The van der Waals surface area contributed by atoms with Gasteiger partial charge in [-0.05, 0) is 23.6 Å². The normalized spacial score (nSPS) is 16.6. The largest absolute Gasteiger partial charge is 0.312 e. The Morgan fingerprint density at radius 2 is 2.00 bits per heavy atom. The Balaban J connectivity index is 1.39. The van der Waals surface area contributed by atoms with E-state index in [-0.39, 0.29) is 11.5 Å². The fourth-order valence-corrected chi connectivity index (χ4v) is 3.73. The van der Waals surface area contributed by atoms with Gasteiger partial charge in [-0.2, -0.15) is 5.10 Å². The molecule has 0 atom stereocenters. The molecule has 1 aromatic heterocycles.